The van der Waals surface area contributed by atoms with E-state index in [0.29, 0.717) is 19.4 Å². The van der Waals surface area contributed by atoms with Gasteiger partial charge in [-0.3, -0.25) is 9.59 Å². The number of nitrogens with one attached hydrogen (secondary N) is 1. The van der Waals surface area contributed by atoms with Crippen molar-refractivity contribution < 1.29 is 19.1 Å². The summed E-state index contributed by atoms with van der Waals surface area (Å²) in [7, 11) is 3.25. The van der Waals surface area contributed by atoms with E-state index >= 15 is 0 Å². The minimum atomic E-state index is -0.392. The molecule has 2 aliphatic rings. The van der Waals surface area contributed by atoms with Crippen LogP contribution in [0.15, 0.2) is 48.5 Å². The van der Waals surface area contributed by atoms with Crippen molar-refractivity contribution in [2.45, 2.75) is 51.0 Å². The van der Waals surface area contributed by atoms with Gasteiger partial charge in [-0.25, -0.2) is 0 Å². The number of methoxy groups -OCH3 is 2. The van der Waals surface area contributed by atoms with Gasteiger partial charge in [0.05, 0.1) is 26.2 Å². The first-order valence-electron chi connectivity index (χ1n) is 13.2. The van der Waals surface area contributed by atoms with Crippen molar-refractivity contribution in [3.05, 3.63) is 54.1 Å². The summed E-state index contributed by atoms with van der Waals surface area (Å²) >= 11 is 0. The number of anilines is 1. The quantitative estimate of drug-likeness (QED) is 0.518. The van der Waals surface area contributed by atoms with Crippen molar-refractivity contribution in [1.29, 1.82) is 0 Å². The van der Waals surface area contributed by atoms with Crippen LogP contribution in [0.4, 0.5) is 5.69 Å². The molecule has 2 atom stereocenters. The number of amides is 2. The fourth-order valence-electron chi connectivity index (χ4n) is 5.40. The standard InChI is InChI=1S/C29H39N3O4/c1-35-24-12-8-22(9-13-24)28-26(29(34)30-18-7-21-31-19-5-3-4-6-20-31)16-17-27(33)32(28)23-10-14-25(36-2)15-11-23/h8-15,26,28H,3-7,16-21H2,1-2H3,(H,30,34)/t26-,28-/m0/s1. The smallest absolute Gasteiger partial charge is 0.227 e. The number of nitrogens with zero attached hydrogens (tertiary/aromatic N) is 2. The van der Waals surface area contributed by atoms with E-state index in [1.54, 1.807) is 19.1 Å². The monoisotopic (exact) mass is 493 g/mol. The van der Waals surface area contributed by atoms with Crippen LogP contribution in [0, 0.1) is 5.92 Å². The van der Waals surface area contributed by atoms with Crippen LogP contribution in [0.3, 0.4) is 0 Å². The lowest BCUT2D eigenvalue weighted by atomic mass is 9.83. The molecule has 2 aromatic carbocycles. The van der Waals surface area contributed by atoms with Gasteiger partial charge in [0.1, 0.15) is 11.5 Å². The SMILES string of the molecule is COc1ccc([C@H]2[C@@H](C(=O)NCCCN3CCCCCC3)CCC(=O)N2c2ccc(OC)cc2)cc1. The number of carbonyl (C=O) groups excluding carboxylic acids is 2. The molecular weight excluding hydrogens is 454 g/mol. The van der Waals surface area contributed by atoms with Crippen molar-refractivity contribution in [1.82, 2.24) is 10.2 Å². The molecule has 194 valence electrons. The Hall–Kier alpha value is -3.06. The molecule has 0 aromatic heterocycles. The number of rotatable bonds is 9. The summed E-state index contributed by atoms with van der Waals surface area (Å²) in [5.41, 5.74) is 1.68. The van der Waals surface area contributed by atoms with Crippen molar-refractivity contribution in [3.8, 4) is 11.5 Å². The number of likely N-dealkylation sites (tertiary alicyclic amines) is 1. The Kier molecular flexibility index (Phi) is 9.23. The molecular formula is C29H39N3O4. The van der Waals surface area contributed by atoms with Crippen LogP contribution < -0.4 is 19.7 Å². The van der Waals surface area contributed by atoms with Gasteiger partial charge < -0.3 is 24.6 Å². The Balaban J connectivity index is 1.50. The summed E-state index contributed by atoms with van der Waals surface area (Å²) in [6.45, 7) is 3.99. The lowest BCUT2D eigenvalue weighted by molar-refractivity contribution is -0.129. The van der Waals surface area contributed by atoms with Crippen molar-refractivity contribution in [2.75, 3.05) is 45.3 Å². The van der Waals surface area contributed by atoms with Crippen LogP contribution in [0.2, 0.25) is 0 Å². The number of carbonyl (C=O) groups is 2. The van der Waals surface area contributed by atoms with Crippen LogP contribution in [-0.2, 0) is 9.59 Å². The summed E-state index contributed by atoms with van der Waals surface area (Å²) in [6.07, 6.45) is 6.99. The summed E-state index contributed by atoms with van der Waals surface area (Å²) in [5, 5.41) is 3.19. The van der Waals surface area contributed by atoms with E-state index in [4.69, 9.17) is 9.47 Å². The molecule has 2 saturated heterocycles. The van der Waals surface area contributed by atoms with Crippen LogP contribution in [0.1, 0.15) is 56.6 Å². The van der Waals surface area contributed by atoms with Gasteiger partial charge in [-0.05, 0) is 87.3 Å². The number of hydrogen-bond acceptors (Lipinski definition) is 5. The number of benzene rings is 2. The third-order valence-corrected chi connectivity index (χ3v) is 7.39. The maximum Gasteiger partial charge on any atom is 0.227 e. The number of ether oxygens (including phenoxy) is 2. The van der Waals surface area contributed by atoms with Gasteiger partial charge in [-0.2, -0.15) is 0 Å². The molecule has 0 saturated carbocycles. The highest BCUT2D eigenvalue weighted by molar-refractivity contribution is 5.97. The Labute approximate surface area is 214 Å². The van der Waals surface area contributed by atoms with Gasteiger partial charge in [0.25, 0.3) is 0 Å². The highest BCUT2D eigenvalue weighted by atomic mass is 16.5. The number of piperidine rings is 1. The largest absolute Gasteiger partial charge is 0.497 e. The molecule has 36 heavy (non-hydrogen) atoms. The van der Waals surface area contributed by atoms with Gasteiger partial charge in [-0.15, -0.1) is 0 Å². The Morgan fingerprint density at radius 2 is 1.53 bits per heavy atom. The second kappa shape index (κ2) is 12.8. The Bertz CT molecular complexity index is 985. The lowest BCUT2D eigenvalue weighted by Gasteiger charge is -2.41. The van der Waals surface area contributed by atoms with Crippen LogP contribution in [-0.4, -0.2) is 57.1 Å². The fraction of sp³-hybridized carbons (Fsp3) is 0.517. The minimum Gasteiger partial charge on any atom is -0.497 e. The van der Waals surface area contributed by atoms with E-state index in [-0.39, 0.29) is 17.7 Å². The van der Waals surface area contributed by atoms with Crippen molar-refractivity contribution in [2.24, 2.45) is 5.92 Å². The molecule has 0 unspecified atom stereocenters. The van der Waals surface area contributed by atoms with E-state index in [1.807, 2.05) is 48.5 Å². The van der Waals surface area contributed by atoms with Crippen LogP contribution in [0.5, 0.6) is 11.5 Å². The first-order valence-corrected chi connectivity index (χ1v) is 13.2. The van der Waals surface area contributed by atoms with Gasteiger partial charge >= 0.3 is 0 Å². The van der Waals surface area contributed by atoms with E-state index < -0.39 is 6.04 Å². The highest BCUT2D eigenvalue weighted by Crippen LogP contribution is 2.41. The van der Waals surface area contributed by atoms with E-state index in [9.17, 15) is 9.59 Å². The highest BCUT2D eigenvalue weighted by Gasteiger charge is 2.41. The molecule has 2 aromatic rings. The molecule has 4 rings (SSSR count). The molecule has 2 fully saturated rings. The summed E-state index contributed by atoms with van der Waals surface area (Å²) in [5.74, 6) is 1.16. The summed E-state index contributed by atoms with van der Waals surface area (Å²) in [6, 6.07) is 14.8. The topological polar surface area (TPSA) is 71.1 Å². The Morgan fingerprint density at radius 1 is 0.917 bits per heavy atom. The maximum atomic E-state index is 13.5. The fourth-order valence-corrected chi connectivity index (χ4v) is 5.40. The average molecular weight is 494 g/mol. The predicted octanol–water partition coefficient (Wildman–Crippen LogP) is 4.57. The normalized spacial score (nSPS) is 21.1. The predicted molar refractivity (Wildman–Crippen MR) is 141 cm³/mol. The van der Waals surface area contributed by atoms with Gasteiger partial charge in [0.15, 0.2) is 0 Å². The van der Waals surface area contributed by atoms with Gasteiger partial charge in [0.2, 0.25) is 11.8 Å². The summed E-state index contributed by atoms with van der Waals surface area (Å²) < 4.78 is 10.6. The zero-order chi connectivity index (χ0) is 25.3. The van der Waals surface area contributed by atoms with E-state index in [1.165, 1.54) is 25.7 Å². The third-order valence-electron chi connectivity index (χ3n) is 7.39. The Morgan fingerprint density at radius 3 is 2.14 bits per heavy atom. The molecule has 2 aliphatic heterocycles. The van der Waals surface area contributed by atoms with E-state index in [2.05, 4.69) is 10.2 Å². The second-order valence-corrected chi connectivity index (χ2v) is 9.73. The molecule has 2 amide bonds. The second-order valence-electron chi connectivity index (χ2n) is 9.73. The molecule has 0 bridgehead atoms. The van der Waals surface area contributed by atoms with Gasteiger partial charge in [0, 0.05) is 18.7 Å². The molecule has 0 aliphatic carbocycles. The molecule has 0 radical (unpaired) electrons. The first-order chi connectivity index (χ1) is 17.6. The zero-order valence-corrected chi connectivity index (χ0v) is 21.6. The average Bonchev–Trinajstić information content (AvgIpc) is 3.20. The number of hydrogen-bond donors (Lipinski definition) is 1. The molecule has 0 spiro atoms. The lowest BCUT2D eigenvalue weighted by Crippen LogP contribution is -2.48. The first kappa shape index (κ1) is 26.0. The van der Waals surface area contributed by atoms with Crippen molar-refractivity contribution >= 4 is 17.5 Å². The van der Waals surface area contributed by atoms with E-state index in [0.717, 1.165) is 48.8 Å². The molecule has 2 heterocycles. The summed E-state index contributed by atoms with van der Waals surface area (Å²) in [4.78, 5) is 31.0. The molecule has 7 heteroatoms. The van der Waals surface area contributed by atoms with Crippen LogP contribution >= 0.6 is 0 Å². The van der Waals surface area contributed by atoms with Gasteiger partial charge in [-0.1, -0.05) is 25.0 Å². The molecule has 1 N–H and O–H groups in total. The third kappa shape index (κ3) is 6.38. The van der Waals surface area contributed by atoms with Crippen LogP contribution in [0.25, 0.3) is 0 Å². The molecule has 7 nitrogen and oxygen atoms in total. The minimum absolute atomic E-state index is 0.0118. The maximum absolute atomic E-state index is 13.5. The van der Waals surface area contributed by atoms with Crippen molar-refractivity contribution in [3.63, 3.8) is 0 Å². The zero-order valence-electron chi connectivity index (χ0n) is 21.6.